The van der Waals surface area contributed by atoms with Crippen molar-refractivity contribution >= 4 is 28.2 Å². The van der Waals surface area contributed by atoms with E-state index in [9.17, 15) is 9.59 Å². The Morgan fingerprint density at radius 2 is 1.75 bits per heavy atom. The van der Waals surface area contributed by atoms with Gasteiger partial charge in [-0.05, 0) is 72.7 Å². The van der Waals surface area contributed by atoms with E-state index in [-0.39, 0.29) is 12.1 Å². The van der Waals surface area contributed by atoms with Gasteiger partial charge in [-0.25, -0.2) is 4.79 Å². The molecule has 6 nitrogen and oxygen atoms in total. The topological polar surface area (TPSA) is 76.7 Å². The Bertz CT molecular complexity index is 1170. The van der Waals surface area contributed by atoms with Crippen molar-refractivity contribution in [3.05, 3.63) is 75.7 Å². The summed E-state index contributed by atoms with van der Waals surface area (Å²) in [5.74, 6) is 1.32. The number of fused-ring (bicyclic) bond motifs is 3. The van der Waals surface area contributed by atoms with Crippen LogP contribution in [0.4, 0.5) is 5.00 Å². The van der Waals surface area contributed by atoms with Crippen LogP contribution in [0.15, 0.2) is 48.5 Å². The second-order valence-electron chi connectivity index (χ2n) is 8.29. The molecule has 0 spiro atoms. The van der Waals surface area contributed by atoms with Crippen molar-refractivity contribution in [1.29, 1.82) is 0 Å². The number of esters is 1. The Labute approximate surface area is 190 Å². The van der Waals surface area contributed by atoms with Crippen LogP contribution in [0.5, 0.6) is 11.5 Å². The van der Waals surface area contributed by atoms with E-state index in [2.05, 4.69) is 17.6 Å². The average Bonchev–Trinajstić information content (AvgIpc) is 3.17. The van der Waals surface area contributed by atoms with Gasteiger partial charge in [0, 0.05) is 4.88 Å². The minimum absolute atomic E-state index is 0.0224. The van der Waals surface area contributed by atoms with Crippen LogP contribution in [-0.4, -0.2) is 19.0 Å². The molecule has 0 fully saturated rings. The lowest BCUT2D eigenvalue weighted by Crippen LogP contribution is -2.38. The first-order valence-corrected chi connectivity index (χ1v) is 11.5. The summed E-state index contributed by atoms with van der Waals surface area (Å²) in [5.41, 5.74) is 3.37. The molecule has 1 aliphatic carbocycles. The second kappa shape index (κ2) is 8.31. The summed E-state index contributed by atoms with van der Waals surface area (Å²) in [4.78, 5) is 26.6. The summed E-state index contributed by atoms with van der Waals surface area (Å²) in [5, 5.41) is 7.50. The van der Waals surface area contributed by atoms with Crippen molar-refractivity contribution < 1.29 is 19.1 Å². The lowest BCUT2D eigenvalue weighted by Gasteiger charge is -2.27. The van der Waals surface area contributed by atoms with Crippen LogP contribution >= 0.6 is 11.3 Å². The minimum Gasteiger partial charge on any atom is -0.497 e. The smallest absolute Gasteiger partial charge is 0.343 e. The van der Waals surface area contributed by atoms with E-state index in [0.717, 1.165) is 35.4 Å². The van der Waals surface area contributed by atoms with Crippen LogP contribution in [-0.2, 0) is 12.8 Å². The van der Waals surface area contributed by atoms with Gasteiger partial charge in [-0.3, -0.25) is 4.79 Å². The van der Waals surface area contributed by atoms with E-state index >= 15 is 0 Å². The minimum atomic E-state index is -0.437. The Hall–Kier alpha value is -3.32. The van der Waals surface area contributed by atoms with Crippen LogP contribution in [0.1, 0.15) is 56.2 Å². The van der Waals surface area contributed by atoms with E-state index in [1.165, 1.54) is 10.4 Å². The highest BCUT2D eigenvalue weighted by molar-refractivity contribution is 7.16. The Morgan fingerprint density at radius 1 is 1.03 bits per heavy atom. The second-order valence-corrected chi connectivity index (χ2v) is 9.40. The number of hydrogen-bond donors (Lipinski definition) is 2. The van der Waals surface area contributed by atoms with Gasteiger partial charge < -0.3 is 20.1 Å². The summed E-state index contributed by atoms with van der Waals surface area (Å²) in [6.45, 7) is 2.26. The number of methoxy groups -OCH3 is 1. The number of amides is 1. The van der Waals surface area contributed by atoms with Gasteiger partial charge >= 0.3 is 5.97 Å². The molecular weight excluding hydrogens is 424 g/mol. The van der Waals surface area contributed by atoms with E-state index in [1.807, 2.05) is 12.1 Å². The van der Waals surface area contributed by atoms with Gasteiger partial charge in [-0.1, -0.05) is 19.1 Å². The molecule has 164 valence electrons. The van der Waals surface area contributed by atoms with Crippen LogP contribution in [0, 0.1) is 5.92 Å². The summed E-state index contributed by atoms with van der Waals surface area (Å²) in [6.07, 6.45) is 2.82. The molecule has 5 rings (SSSR count). The molecule has 32 heavy (non-hydrogen) atoms. The Balaban J connectivity index is 1.29. The first-order valence-electron chi connectivity index (χ1n) is 10.7. The van der Waals surface area contributed by atoms with Crippen molar-refractivity contribution in [2.75, 3.05) is 12.4 Å². The monoisotopic (exact) mass is 448 g/mol. The zero-order valence-electron chi connectivity index (χ0n) is 17.9. The maximum Gasteiger partial charge on any atom is 0.343 e. The van der Waals surface area contributed by atoms with Crippen LogP contribution in [0.2, 0.25) is 0 Å². The van der Waals surface area contributed by atoms with Gasteiger partial charge in [0.25, 0.3) is 5.91 Å². The van der Waals surface area contributed by atoms with Crippen molar-refractivity contribution in [3.63, 3.8) is 0 Å². The fraction of sp³-hybridized carbons (Fsp3) is 0.280. The molecule has 2 aliphatic rings. The van der Waals surface area contributed by atoms with Gasteiger partial charge in [-0.15, -0.1) is 11.3 Å². The molecular formula is C25H24N2O4S. The summed E-state index contributed by atoms with van der Waals surface area (Å²) in [6, 6.07) is 13.9. The largest absolute Gasteiger partial charge is 0.497 e. The molecule has 2 N–H and O–H groups in total. The highest BCUT2D eigenvalue weighted by Gasteiger charge is 2.33. The lowest BCUT2D eigenvalue weighted by atomic mass is 9.88. The Kier molecular flexibility index (Phi) is 5.35. The summed E-state index contributed by atoms with van der Waals surface area (Å²) < 4.78 is 10.6. The van der Waals surface area contributed by atoms with E-state index in [1.54, 1.807) is 54.8 Å². The molecule has 2 atom stereocenters. The molecule has 2 heterocycles. The number of rotatable bonds is 4. The third kappa shape index (κ3) is 3.84. The summed E-state index contributed by atoms with van der Waals surface area (Å²) in [7, 11) is 1.58. The van der Waals surface area contributed by atoms with Gasteiger partial charge in [0.1, 0.15) is 22.7 Å². The highest BCUT2D eigenvalue weighted by atomic mass is 32.1. The average molecular weight is 449 g/mol. The molecule has 0 radical (unpaired) electrons. The predicted octanol–water partition coefficient (Wildman–Crippen LogP) is 4.95. The molecule has 0 saturated carbocycles. The number of carbonyl (C=O) groups is 2. The van der Waals surface area contributed by atoms with Crippen LogP contribution in [0.3, 0.4) is 0 Å². The number of benzene rings is 2. The third-order valence-corrected chi connectivity index (χ3v) is 7.22. The molecule has 2 aromatic carbocycles. The zero-order chi connectivity index (χ0) is 22.2. The van der Waals surface area contributed by atoms with Gasteiger partial charge in [-0.2, -0.15) is 0 Å². The number of hydrogen-bond acceptors (Lipinski definition) is 6. The normalized spacial score (nSPS) is 19.2. The van der Waals surface area contributed by atoms with E-state index in [4.69, 9.17) is 9.47 Å². The van der Waals surface area contributed by atoms with Gasteiger partial charge in [0.2, 0.25) is 0 Å². The molecule has 7 heteroatoms. The first kappa shape index (κ1) is 20.6. The molecule has 0 saturated heterocycles. The maximum atomic E-state index is 12.9. The van der Waals surface area contributed by atoms with Gasteiger partial charge in [0.15, 0.2) is 0 Å². The molecule has 1 amide bonds. The third-order valence-electron chi connectivity index (χ3n) is 6.04. The van der Waals surface area contributed by atoms with Crippen molar-refractivity contribution in [2.45, 2.75) is 32.4 Å². The standard InChI is InChI=1S/C25H24N2O4S/c1-14-3-12-19-20(13-14)32-24-21(19)23(28)26-22(27-24)15-4-10-18(11-5-15)31-25(29)16-6-8-17(30-2)9-7-16/h4-11,14,22,27H,3,12-13H2,1-2H3,(H,26,28). The highest BCUT2D eigenvalue weighted by Crippen LogP contribution is 2.42. The van der Waals surface area contributed by atoms with Crippen molar-refractivity contribution in [1.82, 2.24) is 5.32 Å². The SMILES string of the molecule is COc1ccc(C(=O)Oc2ccc(C3NC(=O)c4c(sc5c4CCC(C)C5)N3)cc2)cc1. The number of ether oxygens (including phenoxy) is 2. The Morgan fingerprint density at radius 3 is 2.47 bits per heavy atom. The number of nitrogens with one attached hydrogen (secondary N) is 2. The molecule has 1 aromatic heterocycles. The van der Waals surface area contributed by atoms with Crippen molar-refractivity contribution in [2.24, 2.45) is 5.92 Å². The van der Waals surface area contributed by atoms with Crippen molar-refractivity contribution in [3.8, 4) is 11.5 Å². The summed E-state index contributed by atoms with van der Waals surface area (Å²) >= 11 is 1.71. The fourth-order valence-corrected chi connectivity index (χ4v) is 5.69. The number of anilines is 1. The number of thiophene rings is 1. The number of carbonyl (C=O) groups excluding carboxylic acids is 2. The van der Waals surface area contributed by atoms with Crippen LogP contribution in [0.25, 0.3) is 0 Å². The van der Waals surface area contributed by atoms with E-state index in [0.29, 0.717) is 23.0 Å². The van der Waals surface area contributed by atoms with E-state index < -0.39 is 5.97 Å². The molecule has 1 aliphatic heterocycles. The fourth-order valence-electron chi connectivity index (χ4n) is 4.25. The molecule has 0 bridgehead atoms. The van der Waals surface area contributed by atoms with Gasteiger partial charge in [0.05, 0.1) is 18.2 Å². The maximum absolute atomic E-state index is 12.9. The predicted molar refractivity (Wildman–Crippen MR) is 124 cm³/mol. The van der Waals surface area contributed by atoms with Crippen LogP contribution < -0.4 is 20.1 Å². The molecule has 2 unspecified atom stereocenters. The first-order chi connectivity index (χ1) is 15.5. The zero-order valence-corrected chi connectivity index (χ0v) is 18.8. The molecule has 3 aromatic rings. The quantitative estimate of drug-likeness (QED) is 0.436. The lowest BCUT2D eigenvalue weighted by molar-refractivity contribution is 0.0734.